The third-order valence-corrected chi connectivity index (χ3v) is 9.69. The SMILES string of the molecule is O=C1Cc2cncc(c2)CC(=O)Cc2cc(c3cc2CCCc2cc(c4cc2CC(=O)Cc2cncc(c2)CC(=O)C4)CCC3)C1. The second kappa shape index (κ2) is 13.0. The molecule has 0 fully saturated rings. The fraction of sp³-hybridized carbons (Fsp3) is 0.350. The zero-order chi connectivity index (χ0) is 31.6. The van der Waals surface area contributed by atoms with Crippen molar-refractivity contribution in [3.8, 4) is 0 Å². The molecule has 2 aromatic carbocycles. The molecule has 4 aromatic rings. The van der Waals surface area contributed by atoms with Crippen LogP contribution in [0.15, 0.2) is 61.2 Å². The van der Waals surface area contributed by atoms with Crippen molar-refractivity contribution in [3.05, 3.63) is 128 Å². The Balaban J connectivity index is 1.22. The van der Waals surface area contributed by atoms with E-state index in [1.807, 2.05) is 12.1 Å². The van der Waals surface area contributed by atoms with Crippen molar-refractivity contribution in [1.29, 1.82) is 0 Å². The van der Waals surface area contributed by atoms with Crippen molar-refractivity contribution in [2.75, 3.05) is 0 Å². The molecule has 3 aliphatic carbocycles. The summed E-state index contributed by atoms with van der Waals surface area (Å²) in [4.78, 5) is 61.7. The Kier molecular flexibility index (Phi) is 8.53. The molecule has 7 rings (SSSR count). The lowest BCUT2D eigenvalue weighted by Gasteiger charge is -2.21. The molecule has 2 aromatic heterocycles. The Bertz CT molecular complexity index is 1630. The monoisotopic (exact) mass is 610 g/mol. The average Bonchev–Trinajstić information content (AvgIpc) is 2.99. The van der Waals surface area contributed by atoms with Crippen molar-refractivity contribution in [3.63, 3.8) is 0 Å². The molecule has 0 unspecified atom stereocenters. The third-order valence-electron chi connectivity index (χ3n) is 9.69. The number of rotatable bonds is 0. The number of carbonyl (C=O) groups is 4. The van der Waals surface area contributed by atoms with Gasteiger partial charge in [-0.1, -0.05) is 36.4 Å². The molecule has 6 nitrogen and oxygen atoms in total. The van der Waals surface area contributed by atoms with Gasteiger partial charge in [0, 0.05) is 76.2 Å². The summed E-state index contributed by atoms with van der Waals surface area (Å²) in [7, 11) is 0. The lowest BCUT2D eigenvalue weighted by Crippen LogP contribution is -2.16. The summed E-state index contributed by atoms with van der Waals surface area (Å²) in [6.45, 7) is 0. The van der Waals surface area contributed by atoms with Gasteiger partial charge in [0.25, 0.3) is 0 Å². The van der Waals surface area contributed by atoms with E-state index in [-0.39, 0.29) is 23.1 Å². The number of aromatic nitrogens is 2. The maximum Gasteiger partial charge on any atom is 0.141 e. The first-order chi connectivity index (χ1) is 22.3. The van der Waals surface area contributed by atoms with Gasteiger partial charge in [0.1, 0.15) is 23.1 Å². The lowest BCUT2D eigenvalue weighted by atomic mass is 9.84. The van der Waals surface area contributed by atoms with E-state index >= 15 is 0 Å². The fourth-order valence-electron chi connectivity index (χ4n) is 7.59. The van der Waals surface area contributed by atoms with Gasteiger partial charge in [-0.25, -0.2) is 0 Å². The molecule has 2 heterocycles. The summed E-state index contributed by atoms with van der Waals surface area (Å²) in [6, 6.07) is 12.7. The van der Waals surface area contributed by atoms with Gasteiger partial charge in [-0.3, -0.25) is 29.1 Å². The summed E-state index contributed by atoms with van der Waals surface area (Å²) in [6.07, 6.45) is 14.4. The summed E-state index contributed by atoms with van der Waals surface area (Å²) >= 11 is 0. The summed E-state index contributed by atoms with van der Waals surface area (Å²) in [5.74, 6) is 0.598. The maximum atomic E-state index is 13.3. The Labute approximate surface area is 269 Å². The van der Waals surface area contributed by atoms with Crippen LogP contribution >= 0.6 is 0 Å². The molecule has 0 spiro atoms. The molecular formula is C40H38N2O4. The summed E-state index contributed by atoms with van der Waals surface area (Å²) < 4.78 is 0. The van der Waals surface area contributed by atoms with E-state index in [1.165, 1.54) is 22.3 Å². The van der Waals surface area contributed by atoms with Gasteiger partial charge < -0.3 is 0 Å². The summed E-state index contributed by atoms with van der Waals surface area (Å²) in [5, 5.41) is 0. The van der Waals surface area contributed by atoms with E-state index < -0.39 is 0 Å². The minimum Gasteiger partial charge on any atom is -0.299 e. The highest BCUT2D eigenvalue weighted by molar-refractivity contribution is 5.87. The molecule has 0 radical (unpaired) electrons. The van der Waals surface area contributed by atoms with E-state index in [2.05, 4.69) is 34.2 Å². The molecule has 232 valence electrons. The van der Waals surface area contributed by atoms with Gasteiger partial charge in [0.05, 0.1) is 0 Å². The molecule has 0 saturated carbocycles. The molecule has 0 amide bonds. The quantitative estimate of drug-likeness (QED) is 0.272. The van der Waals surface area contributed by atoms with Crippen LogP contribution < -0.4 is 0 Å². The second-order valence-electron chi connectivity index (χ2n) is 13.5. The normalized spacial score (nSPS) is 17.4. The molecule has 3 aliphatic rings. The van der Waals surface area contributed by atoms with Crippen molar-refractivity contribution in [2.24, 2.45) is 0 Å². The number of benzene rings is 2. The van der Waals surface area contributed by atoms with Gasteiger partial charge >= 0.3 is 0 Å². The van der Waals surface area contributed by atoms with Crippen LogP contribution in [-0.2, 0) is 96.2 Å². The molecule has 0 aliphatic heterocycles. The Morgan fingerprint density at radius 2 is 0.587 bits per heavy atom. The van der Waals surface area contributed by atoms with Crippen molar-refractivity contribution >= 4 is 23.1 Å². The molecular weight excluding hydrogens is 572 g/mol. The molecule has 0 saturated heterocycles. The Morgan fingerprint density at radius 1 is 0.326 bits per heavy atom. The van der Waals surface area contributed by atoms with Crippen molar-refractivity contribution < 1.29 is 19.2 Å². The number of pyridine rings is 2. The molecule has 46 heavy (non-hydrogen) atoms. The molecule has 0 atom stereocenters. The molecule has 12 bridgehead atoms. The summed E-state index contributed by atoms with van der Waals surface area (Å²) in [5.41, 5.74) is 12.2. The number of hydrogen-bond donors (Lipinski definition) is 0. The van der Waals surface area contributed by atoms with E-state index in [4.69, 9.17) is 0 Å². The van der Waals surface area contributed by atoms with Crippen LogP contribution in [0.5, 0.6) is 0 Å². The van der Waals surface area contributed by atoms with Crippen LogP contribution in [-0.4, -0.2) is 33.1 Å². The highest BCUT2D eigenvalue weighted by Gasteiger charge is 2.21. The Morgan fingerprint density at radius 3 is 0.870 bits per heavy atom. The number of ketones is 4. The van der Waals surface area contributed by atoms with Crippen LogP contribution in [0.3, 0.4) is 0 Å². The largest absolute Gasteiger partial charge is 0.299 e. The van der Waals surface area contributed by atoms with Gasteiger partial charge in [-0.05, 0) is 105 Å². The maximum absolute atomic E-state index is 13.3. The topological polar surface area (TPSA) is 94.1 Å². The smallest absolute Gasteiger partial charge is 0.141 e. The number of Topliss-reactive ketones (excluding diaryl/α,β-unsaturated/α-hetero) is 4. The first-order valence-electron chi connectivity index (χ1n) is 16.5. The highest BCUT2D eigenvalue weighted by Crippen LogP contribution is 2.29. The van der Waals surface area contributed by atoms with Gasteiger partial charge in [0.2, 0.25) is 0 Å². The third kappa shape index (κ3) is 6.96. The predicted molar refractivity (Wildman–Crippen MR) is 175 cm³/mol. The predicted octanol–water partition coefficient (Wildman–Crippen LogP) is 5.18. The van der Waals surface area contributed by atoms with E-state index in [0.717, 1.165) is 83.0 Å². The average molecular weight is 611 g/mol. The second-order valence-corrected chi connectivity index (χ2v) is 13.5. The van der Waals surface area contributed by atoms with Crippen LogP contribution in [0, 0.1) is 0 Å². The fourth-order valence-corrected chi connectivity index (χ4v) is 7.59. The van der Waals surface area contributed by atoms with Crippen LogP contribution in [0.2, 0.25) is 0 Å². The standard InChI is InChI=1S/C40H38N2O4/c43-37-9-25-7-27(23-41-21-25)11-39(45)19-35-15-33(17-37)29-3-1-4-30-14-32(6-2-5-31(35)13-29)36-16-34(30)18-38(44)10-26-8-28(24-42-22-26)12-40(46)20-36/h7-8,13-16,21-24H,1-6,9-12,17-20H2. The van der Waals surface area contributed by atoms with E-state index in [0.29, 0.717) is 51.4 Å². The number of hydrogen-bond acceptors (Lipinski definition) is 6. The minimum absolute atomic E-state index is 0.149. The Hall–Kier alpha value is -4.58. The zero-order valence-electron chi connectivity index (χ0n) is 26.2. The van der Waals surface area contributed by atoms with Crippen LogP contribution in [0.1, 0.15) is 79.6 Å². The van der Waals surface area contributed by atoms with E-state index in [9.17, 15) is 19.2 Å². The first-order valence-corrected chi connectivity index (χ1v) is 16.5. The van der Waals surface area contributed by atoms with Gasteiger partial charge in [0.15, 0.2) is 0 Å². The number of aryl methyl sites for hydroxylation is 4. The van der Waals surface area contributed by atoms with Gasteiger partial charge in [-0.2, -0.15) is 0 Å². The van der Waals surface area contributed by atoms with Crippen LogP contribution in [0.25, 0.3) is 0 Å². The van der Waals surface area contributed by atoms with Gasteiger partial charge in [-0.15, -0.1) is 0 Å². The van der Waals surface area contributed by atoms with Crippen LogP contribution in [0.4, 0.5) is 0 Å². The number of nitrogens with zero attached hydrogens (tertiary/aromatic N) is 2. The first kappa shape index (κ1) is 30.1. The molecule has 0 N–H and O–H groups in total. The van der Waals surface area contributed by atoms with Crippen molar-refractivity contribution in [1.82, 2.24) is 9.97 Å². The zero-order valence-corrected chi connectivity index (χ0v) is 26.2. The number of carbonyl (C=O) groups excluding carboxylic acids is 4. The highest BCUT2D eigenvalue weighted by atomic mass is 16.1. The van der Waals surface area contributed by atoms with Crippen molar-refractivity contribution in [2.45, 2.75) is 89.9 Å². The lowest BCUT2D eigenvalue weighted by molar-refractivity contribution is -0.118. The van der Waals surface area contributed by atoms with E-state index in [1.54, 1.807) is 24.8 Å². The number of fused-ring (bicyclic) bond motifs is 16. The molecule has 6 heteroatoms. The minimum atomic E-state index is 0.149.